The van der Waals surface area contributed by atoms with Gasteiger partial charge in [-0.25, -0.2) is 4.98 Å². The number of aromatic nitrogens is 1. The number of nitrogens with one attached hydrogen (secondary N) is 1. The van der Waals surface area contributed by atoms with Gasteiger partial charge >= 0.3 is 0 Å². The summed E-state index contributed by atoms with van der Waals surface area (Å²) in [5.41, 5.74) is 3.31. The minimum absolute atomic E-state index is 0.0565. The second-order valence-corrected chi connectivity index (χ2v) is 6.54. The number of hydrogen-bond donors (Lipinski definition) is 1. The number of carbonyl (C=O) groups is 1. The van der Waals surface area contributed by atoms with Crippen LogP contribution in [0.5, 0.6) is 0 Å². The highest BCUT2D eigenvalue weighted by atomic mass is 35.5. The van der Waals surface area contributed by atoms with Crippen LogP contribution >= 0.6 is 23.4 Å². The van der Waals surface area contributed by atoms with E-state index in [9.17, 15) is 4.79 Å². The third-order valence-electron chi connectivity index (χ3n) is 3.30. The van der Waals surface area contributed by atoms with Gasteiger partial charge in [0.2, 0.25) is 5.91 Å². The fourth-order valence-electron chi connectivity index (χ4n) is 2.09. The van der Waals surface area contributed by atoms with Crippen LogP contribution in [0.3, 0.4) is 0 Å². The summed E-state index contributed by atoms with van der Waals surface area (Å²) in [5, 5.41) is 4.06. The fraction of sp³-hybridized carbons (Fsp3) is 0.176. The number of thioether (sulfide) groups is 1. The molecule has 0 radical (unpaired) electrons. The smallest absolute Gasteiger partial charge is 0.256 e. The second-order valence-electron chi connectivity index (χ2n) is 5.05. The zero-order valence-electron chi connectivity index (χ0n) is 12.5. The minimum atomic E-state index is -0.0565. The molecule has 0 fully saturated rings. The van der Waals surface area contributed by atoms with Gasteiger partial charge in [0.05, 0.1) is 0 Å². The molecule has 0 aliphatic heterocycles. The number of rotatable bonds is 5. The van der Waals surface area contributed by atoms with E-state index in [4.69, 9.17) is 16.0 Å². The number of halogens is 1. The quantitative estimate of drug-likeness (QED) is 0.667. The molecule has 0 atom stereocenters. The number of aryl methyl sites for hydroxylation is 1. The van der Waals surface area contributed by atoms with Crippen LogP contribution in [0.2, 0.25) is 5.02 Å². The van der Waals surface area contributed by atoms with Crippen molar-refractivity contribution in [3.8, 4) is 0 Å². The first-order chi connectivity index (χ1) is 11.1. The van der Waals surface area contributed by atoms with Gasteiger partial charge in [0.25, 0.3) is 5.22 Å². The Kier molecular flexibility index (Phi) is 4.88. The predicted molar refractivity (Wildman–Crippen MR) is 94.2 cm³/mol. The van der Waals surface area contributed by atoms with Crippen LogP contribution in [0.4, 0.5) is 5.69 Å². The van der Waals surface area contributed by atoms with Crippen molar-refractivity contribution in [2.45, 2.75) is 18.6 Å². The zero-order valence-corrected chi connectivity index (χ0v) is 14.1. The number of fused-ring (bicyclic) bond motifs is 1. The lowest BCUT2D eigenvalue weighted by Crippen LogP contribution is -2.13. The van der Waals surface area contributed by atoms with Crippen LogP contribution in [0.15, 0.2) is 52.1 Å². The van der Waals surface area contributed by atoms with E-state index in [2.05, 4.69) is 10.3 Å². The number of para-hydroxylation sites is 2. The Bertz CT molecular complexity index is 814. The molecule has 0 bridgehead atoms. The van der Waals surface area contributed by atoms with Gasteiger partial charge in [0, 0.05) is 22.9 Å². The van der Waals surface area contributed by atoms with Crippen molar-refractivity contribution in [2.75, 3.05) is 11.1 Å². The fourth-order valence-corrected chi connectivity index (χ4v) is 3.03. The maximum atomic E-state index is 12.0. The van der Waals surface area contributed by atoms with Gasteiger partial charge in [-0.05, 0) is 36.8 Å². The van der Waals surface area contributed by atoms with Gasteiger partial charge in [-0.15, -0.1) is 0 Å². The Balaban J connectivity index is 1.53. The van der Waals surface area contributed by atoms with E-state index in [-0.39, 0.29) is 5.91 Å². The number of oxazole rings is 1. The summed E-state index contributed by atoms with van der Waals surface area (Å²) in [4.78, 5) is 16.4. The van der Waals surface area contributed by atoms with Crippen molar-refractivity contribution >= 4 is 46.1 Å². The third-order valence-corrected chi connectivity index (χ3v) is 4.37. The number of benzene rings is 2. The molecule has 118 valence electrons. The Morgan fingerprint density at radius 1 is 1.30 bits per heavy atom. The molecule has 3 rings (SSSR count). The van der Waals surface area contributed by atoms with E-state index in [1.165, 1.54) is 11.8 Å². The third kappa shape index (κ3) is 4.06. The molecule has 1 N–H and O–H groups in total. The van der Waals surface area contributed by atoms with Gasteiger partial charge in [-0.3, -0.25) is 4.79 Å². The lowest BCUT2D eigenvalue weighted by atomic mass is 10.2. The second kappa shape index (κ2) is 7.06. The Hall–Kier alpha value is -1.98. The first-order valence-corrected chi connectivity index (χ1v) is 8.52. The minimum Gasteiger partial charge on any atom is -0.431 e. The molecule has 2 aromatic carbocycles. The van der Waals surface area contributed by atoms with E-state index in [0.29, 0.717) is 22.4 Å². The predicted octanol–water partition coefficient (Wildman–Crippen LogP) is 4.91. The van der Waals surface area contributed by atoms with Crippen LogP contribution in [-0.4, -0.2) is 16.6 Å². The highest BCUT2D eigenvalue weighted by Gasteiger charge is 2.09. The van der Waals surface area contributed by atoms with Gasteiger partial charge in [0.15, 0.2) is 5.58 Å². The molecule has 0 saturated carbocycles. The maximum Gasteiger partial charge on any atom is 0.256 e. The number of hydrogen-bond acceptors (Lipinski definition) is 4. The largest absolute Gasteiger partial charge is 0.431 e. The molecular formula is C17H15ClN2O2S. The van der Waals surface area contributed by atoms with Gasteiger partial charge < -0.3 is 9.73 Å². The van der Waals surface area contributed by atoms with Crippen LogP contribution in [0, 0.1) is 6.92 Å². The molecule has 0 aliphatic carbocycles. The molecule has 3 aromatic rings. The van der Waals surface area contributed by atoms with Crippen molar-refractivity contribution < 1.29 is 9.21 Å². The monoisotopic (exact) mass is 346 g/mol. The van der Waals surface area contributed by atoms with Crippen LogP contribution in [-0.2, 0) is 4.79 Å². The van der Waals surface area contributed by atoms with E-state index in [1.54, 1.807) is 12.1 Å². The van der Waals surface area contributed by atoms with E-state index >= 15 is 0 Å². The van der Waals surface area contributed by atoms with Gasteiger partial charge in [0.1, 0.15) is 5.52 Å². The van der Waals surface area contributed by atoms with Crippen LogP contribution in [0.25, 0.3) is 11.1 Å². The first-order valence-electron chi connectivity index (χ1n) is 7.16. The zero-order chi connectivity index (χ0) is 16.2. The van der Waals surface area contributed by atoms with E-state index in [0.717, 1.165) is 22.4 Å². The Morgan fingerprint density at radius 3 is 2.96 bits per heavy atom. The average Bonchev–Trinajstić information content (AvgIpc) is 2.93. The maximum absolute atomic E-state index is 12.0. The molecule has 0 saturated heterocycles. The van der Waals surface area contributed by atoms with Gasteiger partial charge in [-0.2, -0.15) is 0 Å². The number of nitrogens with zero attached hydrogens (tertiary/aromatic N) is 1. The van der Waals surface area contributed by atoms with Crippen molar-refractivity contribution in [3.05, 3.63) is 53.1 Å². The van der Waals surface area contributed by atoms with Crippen molar-refractivity contribution in [2.24, 2.45) is 0 Å². The molecule has 1 heterocycles. The highest BCUT2D eigenvalue weighted by molar-refractivity contribution is 7.99. The summed E-state index contributed by atoms with van der Waals surface area (Å²) in [6, 6.07) is 13.0. The summed E-state index contributed by atoms with van der Waals surface area (Å²) in [7, 11) is 0. The first kappa shape index (κ1) is 15.9. The van der Waals surface area contributed by atoms with Crippen molar-refractivity contribution in [1.82, 2.24) is 4.98 Å². The summed E-state index contributed by atoms with van der Waals surface area (Å²) in [5.74, 6) is 0.539. The molecule has 6 heteroatoms. The topological polar surface area (TPSA) is 55.1 Å². The SMILES string of the molecule is Cc1ccc(Cl)cc1NC(=O)CCSc1nc2ccccc2o1. The standard InChI is InChI=1S/C17H15ClN2O2S/c1-11-6-7-12(18)10-14(11)19-16(21)8-9-23-17-20-13-4-2-3-5-15(13)22-17/h2-7,10H,8-9H2,1H3,(H,19,21). The number of anilines is 1. The van der Waals surface area contributed by atoms with Crippen molar-refractivity contribution in [1.29, 1.82) is 0 Å². The molecular weight excluding hydrogens is 332 g/mol. The average molecular weight is 347 g/mol. The lowest BCUT2D eigenvalue weighted by molar-refractivity contribution is -0.115. The molecule has 0 unspecified atom stereocenters. The summed E-state index contributed by atoms with van der Waals surface area (Å²) < 4.78 is 5.61. The molecule has 4 nitrogen and oxygen atoms in total. The molecule has 0 aliphatic rings. The molecule has 1 amide bonds. The lowest BCUT2D eigenvalue weighted by Gasteiger charge is -2.08. The van der Waals surface area contributed by atoms with Crippen molar-refractivity contribution in [3.63, 3.8) is 0 Å². The van der Waals surface area contributed by atoms with Crippen LogP contribution in [0.1, 0.15) is 12.0 Å². The Morgan fingerprint density at radius 2 is 2.13 bits per heavy atom. The molecule has 0 spiro atoms. The van der Waals surface area contributed by atoms with Gasteiger partial charge in [-0.1, -0.05) is 41.6 Å². The van der Waals surface area contributed by atoms with E-state index < -0.39 is 0 Å². The molecule has 1 aromatic heterocycles. The van der Waals surface area contributed by atoms with E-state index in [1.807, 2.05) is 37.3 Å². The number of amides is 1. The summed E-state index contributed by atoms with van der Waals surface area (Å²) in [6.45, 7) is 1.93. The highest BCUT2D eigenvalue weighted by Crippen LogP contribution is 2.24. The normalized spacial score (nSPS) is 10.9. The summed E-state index contributed by atoms with van der Waals surface area (Å²) >= 11 is 7.37. The number of carbonyl (C=O) groups excluding carboxylic acids is 1. The summed E-state index contributed by atoms with van der Waals surface area (Å²) in [6.07, 6.45) is 0.370. The Labute approximate surface area is 143 Å². The van der Waals surface area contributed by atoms with Crippen LogP contribution < -0.4 is 5.32 Å². The molecule has 23 heavy (non-hydrogen) atoms.